The van der Waals surface area contributed by atoms with Gasteiger partial charge >= 0.3 is 0 Å². The Balaban J connectivity index is 2.12. The third-order valence-corrected chi connectivity index (χ3v) is 0.970. The fourth-order valence-electron chi connectivity index (χ4n) is 0.547. The van der Waals surface area contributed by atoms with E-state index in [1.54, 1.807) is 0 Å². The van der Waals surface area contributed by atoms with E-state index in [0.29, 0.717) is 26.3 Å². The average Bonchev–Trinajstić information content (AvgIpc) is 1.69. The van der Waals surface area contributed by atoms with Gasteiger partial charge in [-0.1, -0.05) is 0 Å². The third-order valence-electron chi connectivity index (χ3n) is 0.970. The molecule has 1 aliphatic heterocycles. The maximum absolute atomic E-state index is 10.3. The molecule has 0 atom stereocenters. The average molecular weight is 102 g/mol. The van der Waals surface area contributed by atoms with E-state index in [4.69, 9.17) is 4.74 Å². The highest BCUT2D eigenvalue weighted by Gasteiger charge is 1.97. The molecule has 0 bridgehead atoms. The topological polar surface area (TPSA) is 35.5 Å². The Kier molecular flexibility index (Phi) is 1.62. The lowest BCUT2D eigenvalue weighted by atomic mass is 10.5. The van der Waals surface area contributed by atoms with Crippen LogP contribution >= 0.6 is 0 Å². The summed E-state index contributed by atoms with van der Waals surface area (Å²) in [7, 11) is 0. The second kappa shape index (κ2) is 2.26. The van der Waals surface area contributed by atoms with E-state index in [1.165, 1.54) is 0 Å². The summed E-state index contributed by atoms with van der Waals surface area (Å²) in [4.78, 5) is 0. The Bertz CT molecular complexity index is 51.7. The fraction of sp³-hybridized carbons (Fsp3) is 1.00. The normalized spacial score (nSPS) is 25.3. The van der Waals surface area contributed by atoms with E-state index in [2.05, 4.69) is 0 Å². The molecule has 1 heterocycles. The molecule has 1 fully saturated rings. The van der Waals surface area contributed by atoms with Crippen molar-refractivity contribution in [1.29, 1.82) is 0 Å². The van der Waals surface area contributed by atoms with Crippen LogP contribution < -0.4 is 0 Å². The molecule has 1 aliphatic rings. The van der Waals surface area contributed by atoms with Gasteiger partial charge < -0.3 is 15.0 Å². The standard InChI is InChI=1S/C4H8NO2/c6-5-1-3-7-4-2-5/h1-4H2/q-1. The zero-order valence-electron chi connectivity index (χ0n) is 4.09. The predicted molar refractivity (Wildman–Crippen MR) is 25.8 cm³/mol. The first-order chi connectivity index (χ1) is 3.39. The van der Waals surface area contributed by atoms with Crippen molar-refractivity contribution in [1.82, 2.24) is 5.06 Å². The van der Waals surface area contributed by atoms with Crippen LogP contribution in [0.1, 0.15) is 0 Å². The van der Waals surface area contributed by atoms with E-state index >= 15 is 0 Å². The molecule has 1 rings (SSSR count). The van der Waals surface area contributed by atoms with Gasteiger partial charge in [0.25, 0.3) is 0 Å². The number of rotatable bonds is 0. The van der Waals surface area contributed by atoms with Crippen molar-refractivity contribution < 1.29 is 4.74 Å². The van der Waals surface area contributed by atoms with Gasteiger partial charge in [-0.15, -0.1) is 0 Å². The van der Waals surface area contributed by atoms with Gasteiger partial charge in [-0.05, 0) is 0 Å². The molecule has 3 nitrogen and oxygen atoms in total. The molecular weight excluding hydrogens is 94.0 g/mol. The first-order valence-corrected chi connectivity index (χ1v) is 2.39. The molecule has 0 aliphatic carbocycles. The lowest BCUT2D eigenvalue weighted by Gasteiger charge is -2.31. The van der Waals surface area contributed by atoms with Crippen LogP contribution in [0.5, 0.6) is 0 Å². The molecule has 0 unspecified atom stereocenters. The summed E-state index contributed by atoms with van der Waals surface area (Å²) in [6.07, 6.45) is 0. The predicted octanol–water partition coefficient (Wildman–Crippen LogP) is -0.184. The Hall–Kier alpha value is -0.120. The van der Waals surface area contributed by atoms with Crippen molar-refractivity contribution in [3.63, 3.8) is 0 Å². The lowest BCUT2D eigenvalue weighted by molar-refractivity contribution is 0.0595. The van der Waals surface area contributed by atoms with Gasteiger partial charge in [0.1, 0.15) is 0 Å². The van der Waals surface area contributed by atoms with Crippen LogP contribution in [0.2, 0.25) is 0 Å². The van der Waals surface area contributed by atoms with Gasteiger partial charge in [0, 0.05) is 13.1 Å². The van der Waals surface area contributed by atoms with E-state index < -0.39 is 0 Å². The molecule has 0 aromatic rings. The van der Waals surface area contributed by atoms with Crippen molar-refractivity contribution in [2.75, 3.05) is 26.3 Å². The van der Waals surface area contributed by atoms with Crippen LogP contribution in [0.3, 0.4) is 0 Å². The third kappa shape index (κ3) is 1.43. The zero-order chi connectivity index (χ0) is 5.11. The minimum atomic E-state index is 0.542. The Morgan fingerprint density at radius 2 is 1.86 bits per heavy atom. The van der Waals surface area contributed by atoms with Crippen molar-refractivity contribution in [2.24, 2.45) is 0 Å². The van der Waals surface area contributed by atoms with Crippen molar-refractivity contribution in [2.45, 2.75) is 0 Å². The quantitative estimate of drug-likeness (QED) is 0.425. The summed E-state index contributed by atoms with van der Waals surface area (Å²) < 4.78 is 4.90. The number of hydrogen-bond donors (Lipinski definition) is 0. The number of ether oxygens (including phenoxy) is 1. The van der Waals surface area contributed by atoms with E-state index in [0.717, 1.165) is 5.06 Å². The first kappa shape index (κ1) is 5.03. The monoisotopic (exact) mass is 102 g/mol. The highest BCUT2D eigenvalue weighted by molar-refractivity contribution is 4.59. The highest BCUT2D eigenvalue weighted by atomic mass is 16.5. The smallest absolute Gasteiger partial charge is 0.0584 e. The molecule has 0 radical (unpaired) electrons. The van der Waals surface area contributed by atoms with Crippen molar-refractivity contribution in [3.8, 4) is 0 Å². The molecule has 0 amide bonds. The summed E-state index contributed by atoms with van der Waals surface area (Å²) >= 11 is 0. The molecule has 0 aromatic heterocycles. The second-order valence-electron chi connectivity index (χ2n) is 1.54. The van der Waals surface area contributed by atoms with E-state index in [1.807, 2.05) is 0 Å². The molecule has 1 saturated heterocycles. The van der Waals surface area contributed by atoms with E-state index in [9.17, 15) is 5.21 Å². The SMILES string of the molecule is [O-]N1CCOCC1. The molecule has 3 heteroatoms. The van der Waals surface area contributed by atoms with Gasteiger partial charge in [0.05, 0.1) is 13.2 Å². The van der Waals surface area contributed by atoms with E-state index in [-0.39, 0.29) is 0 Å². The van der Waals surface area contributed by atoms with Gasteiger partial charge in [0.15, 0.2) is 0 Å². The minimum Gasteiger partial charge on any atom is -0.785 e. The molecular formula is C4H8NO2-. The summed E-state index contributed by atoms with van der Waals surface area (Å²) in [5, 5.41) is 11.3. The summed E-state index contributed by atoms with van der Waals surface area (Å²) in [6, 6.07) is 0. The van der Waals surface area contributed by atoms with Crippen molar-refractivity contribution in [3.05, 3.63) is 5.21 Å². The molecule has 0 N–H and O–H groups in total. The van der Waals surface area contributed by atoms with Crippen molar-refractivity contribution >= 4 is 0 Å². The molecule has 0 saturated carbocycles. The molecule has 0 spiro atoms. The number of nitrogens with zero attached hydrogens (tertiary/aromatic N) is 1. The Labute approximate surface area is 42.4 Å². The maximum Gasteiger partial charge on any atom is 0.0584 e. The largest absolute Gasteiger partial charge is 0.785 e. The molecule has 0 aromatic carbocycles. The number of hydroxylamine groups is 2. The zero-order valence-corrected chi connectivity index (χ0v) is 4.09. The molecule has 42 valence electrons. The van der Waals surface area contributed by atoms with Gasteiger partial charge in [-0.2, -0.15) is 0 Å². The summed E-state index contributed by atoms with van der Waals surface area (Å²) in [6.45, 7) is 2.28. The van der Waals surface area contributed by atoms with Crippen LogP contribution in [-0.2, 0) is 4.74 Å². The highest BCUT2D eigenvalue weighted by Crippen LogP contribution is 1.91. The number of morpholine rings is 1. The lowest BCUT2D eigenvalue weighted by Crippen LogP contribution is -2.31. The summed E-state index contributed by atoms with van der Waals surface area (Å²) in [5.41, 5.74) is 0. The summed E-state index contributed by atoms with van der Waals surface area (Å²) in [5.74, 6) is 0. The first-order valence-electron chi connectivity index (χ1n) is 2.39. The van der Waals surface area contributed by atoms with Crippen LogP contribution in [0.15, 0.2) is 0 Å². The van der Waals surface area contributed by atoms with Crippen LogP contribution in [0.25, 0.3) is 0 Å². The Morgan fingerprint density at radius 3 is 2.14 bits per heavy atom. The Morgan fingerprint density at radius 1 is 1.29 bits per heavy atom. The molecule has 7 heavy (non-hydrogen) atoms. The van der Waals surface area contributed by atoms with Crippen LogP contribution in [-0.4, -0.2) is 31.4 Å². The minimum absolute atomic E-state index is 0.542. The van der Waals surface area contributed by atoms with Gasteiger partial charge in [-0.3, -0.25) is 0 Å². The second-order valence-corrected chi connectivity index (χ2v) is 1.54. The van der Waals surface area contributed by atoms with Crippen LogP contribution in [0, 0.1) is 5.21 Å². The maximum atomic E-state index is 10.3. The van der Waals surface area contributed by atoms with Gasteiger partial charge in [0.2, 0.25) is 0 Å². The van der Waals surface area contributed by atoms with Gasteiger partial charge in [-0.25, -0.2) is 0 Å². The van der Waals surface area contributed by atoms with Crippen LogP contribution in [0.4, 0.5) is 0 Å². The fourth-order valence-corrected chi connectivity index (χ4v) is 0.547. The number of hydrogen-bond acceptors (Lipinski definition) is 3.